The zero-order valence-electron chi connectivity index (χ0n) is 7.26. The summed E-state index contributed by atoms with van der Waals surface area (Å²) < 4.78 is 0. The van der Waals surface area contributed by atoms with Gasteiger partial charge in [0.25, 0.3) is 5.91 Å². The smallest absolute Gasteiger partial charge is 0.270 e. The highest BCUT2D eigenvalue weighted by Crippen LogP contribution is 2.15. The minimum atomic E-state index is -0.333. The van der Waals surface area contributed by atoms with Gasteiger partial charge in [-0.3, -0.25) is 4.79 Å². The number of rotatable bonds is 3. The van der Waals surface area contributed by atoms with Crippen LogP contribution < -0.4 is 11.1 Å². The molecule has 0 spiro atoms. The van der Waals surface area contributed by atoms with Gasteiger partial charge in [-0.05, 0) is 12.1 Å². The summed E-state index contributed by atoms with van der Waals surface area (Å²) in [6, 6.07) is 2.90. The van der Waals surface area contributed by atoms with E-state index in [0.29, 0.717) is 18.1 Å². The minimum Gasteiger partial charge on any atom is -0.349 e. The second-order valence-corrected chi connectivity index (χ2v) is 3.36. The van der Waals surface area contributed by atoms with Crippen LogP contribution in [0.4, 0.5) is 0 Å². The third kappa shape index (κ3) is 3.14. The van der Waals surface area contributed by atoms with Crippen molar-refractivity contribution in [2.24, 2.45) is 5.73 Å². The molecule has 6 heteroatoms. The standard InChI is InChI=1S/C8H9Cl2N3O/c9-5-3-6(13-7(10)4-5)8(14)12-2-1-11/h3-4H,1-2,11H2,(H,12,14). The normalized spacial score (nSPS) is 9.93. The fourth-order valence-corrected chi connectivity index (χ4v) is 1.33. The molecule has 0 saturated heterocycles. The van der Waals surface area contributed by atoms with Gasteiger partial charge < -0.3 is 11.1 Å². The first kappa shape index (κ1) is 11.2. The van der Waals surface area contributed by atoms with E-state index in [1.807, 2.05) is 0 Å². The maximum Gasteiger partial charge on any atom is 0.270 e. The van der Waals surface area contributed by atoms with Crippen molar-refractivity contribution >= 4 is 29.1 Å². The lowest BCUT2D eigenvalue weighted by molar-refractivity contribution is 0.0950. The van der Waals surface area contributed by atoms with Crippen molar-refractivity contribution in [1.29, 1.82) is 0 Å². The van der Waals surface area contributed by atoms with Crippen molar-refractivity contribution in [1.82, 2.24) is 10.3 Å². The highest BCUT2D eigenvalue weighted by atomic mass is 35.5. The maximum absolute atomic E-state index is 11.4. The molecule has 14 heavy (non-hydrogen) atoms. The van der Waals surface area contributed by atoms with Gasteiger partial charge in [-0.25, -0.2) is 4.98 Å². The van der Waals surface area contributed by atoms with E-state index in [0.717, 1.165) is 0 Å². The van der Waals surface area contributed by atoms with E-state index in [-0.39, 0.29) is 16.8 Å². The number of hydrogen-bond donors (Lipinski definition) is 2. The number of halogens is 2. The predicted octanol–water partition coefficient (Wildman–Crippen LogP) is 1.08. The second-order valence-electron chi connectivity index (χ2n) is 2.54. The highest BCUT2D eigenvalue weighted by Gasteiger charge is 2.08. The van der Waals surface area contributed by atoms with E-state index in [4.69, 9.17) is 28.9 Å². The summed E-state index contributed by atoms with van der Waals surface area (Å²) in [6.07, 6.45) is 0. The van der Waals surface area contributed by atoms with Crippen LogP contribution in [0.1, 0.15) is 10.5 Å². The minimum absolute atomic E-state index is 0.190. The highest BCUT2D eigenvalue weighted by molar-refractivity contribution is 6.34. The number of nitrogens with zero attached hydrogens (tertiary/aromatic N) is 1. The Kier molecular flexibility index (Phi) is 4.13. The van der Waals surface area contributed by atoms with Crippen molar-refractivity contribution in [3.8, 4) is 0 Å². The van der Waals surface area contributed by atoms with Crippen molar-refractivity contribution in [3.63, 3.8) is 0 Å². The molecule has 0 aliphatic rings. The topological polar surface area (TPSA) is 68.0 Å². The number of hydrogen-bond acceptors (Lipinski definition) is 3. The summed E-state index contributed by atoms with van der Waals surface area (Å²) in [5, 5.41) is 3.13. The van der Waals surface area contributed by atoms with E-state index >= 15 is 0 Å². The fraction of sp³-hybridized carbons (Fsp3) is 0.250. The fourth-order valence-electron chi connectivity index (χ4n) is 0.858. The molecule has 1 aromatic heterocycles. The summed E-state index contributed by atoms with van der Waals surface area (Å²) >= 11 is 11.3. The Hall–Kier alpha value is -0.840. The SMILES string of the molecule is NCCNC(=O)c1cc(Cl)cc(Cl)n1. The first-order chi connectivity index (χ1) is 6.63. The zero-order chi connectivity index (χ0) is 10.6. The van der Waals surface area contributed by atoms with Crippen LogP contribution in [0.3, 0.4) is 0 Å². The van der Waals surface area contributed by atoms with Gasteiger partial charge in [0, 0.05) is 18.1 Å². The van der Waals surface area contributed by atoms with E-state index in [9.17, 15) is 4.79 Å². The van der Waals surface area contributed by atoms with Crippen LogP contribution in [-0.2, 0) is 0 Å². The third-order valence-corrected chi connectivity index (χ3v) is 1.83. The number of amides is 1. The Morgan fingerprint density at radius 3 is 2.79 bits per heavy atom. The summed E-state index contributed by atoms with van der Waals surface area (Å²) in [6.45, 7) is 0.769. The summed E-state index contributed by atoms with van der Waals surface area (Å²) in [5.74, 6) is -0.333. The maximum atomic E-state index is 11.4. The van der Waals surface area contributed by atoms with Crippen LogP contribution in [0.5, 0.6) is 0 Å². The molecule has 4 nitrogen and oxygen atoms in total. The summed E-state index contributed by atoms with van der Waals surface area (Å²) in [7, 11) is 0. The Balaban J connectivity index is 2.79. The molecule has 1 amide bonds. The van der Waals surface area contributed by atoms with Crippen LogP contribution in [0.25, 0.3) is 0 Å². The van der Waals surface area contributed by atoms with Crippen LogP contribution >= 0.6 is 23.2 Å². The van der Waals surface area contributed by atoms with Gasteiger partial charge in [-0.1, -0.05) is 23.2 Å². The van der Waals surface area contributed by atoms with Crippen molar-refractivity contribution in [3.05, 3.63) is 28.0 Å². The predicted molar refractivity (Wildman–Crippen MR) is 55.6 cm³/mol. The average Bonchev–Trinajstić information content (AvgIpc) is 2.12. The molecular formula is C8H9Cl2N3O. The molecule has 0 saturated carbocycles. The van der Waals surface area contributed by atoms with Gasteiger partial charge in [-0.15, -0.1) is 0 Å². The zero-order valence-corrected chi connectivity index (χ0v) is 8.77. The number of carbonyl (C=O) groups is 1. The van der Waals surface area contributed by atoms with Crippen LogP contribution in [-0.4, -0.2) is 24.0 Å². The van der Waals surface area contributed by atoms with E-state index in [1.165, 1.54) is 12.1 Å². The molecule has 1 heterocycles. The molecule has 76 valence electrons. The molecule has 0 aliphatic carbocycles. The van der Waals surface area contributed by atoms with Gasteiger partial charge in [0.15, 0.2) is 0 Å². The Bertz CT molecular complexity index is 323. The lowest BCUT2D eigenvalue weighted by atomic mass is 10.3. The molecule has 0 radical (unpaired) electrons. The Morgan fingerprint density at radius 1 is 1.50 bits per heavy atom. The first-order valence-electron chi connectivity index (χ1n) is 3.95. The summed E-state index contributed by atoms with van der Waals surface area (Å²) in [4.78, 5) is 15.2. The molecule has 0 bridgehead atoms. The Morgan fingerprint density at radius 2 is 2.21 bits per heavy atom. The molecule has 3 N–H and O–H groups in total. The second kappa shape index (κ2) is 5.14. The number of pyridine rings is 1. The van der Waals surface area contributed by atoms with E-state index in [2.05, 4.69) is 10.3 Å². The number of nitrogens with two attached hydrogens (primary N) is 1. The third-order valence-electron chi connectivity index (χ3n) is 1.42. The van der Waals surface area contributed by atoms with Gasteiger partial charge >= 0.3 is 0 Å². The lowest BCUT2D eigenvalue weighted by Gasteiger charge is -2.03. The molecular weight excluding hydrogens is 225 g/mol. The molecule has 0 aromatic carbocycles. The van der Waals surface area contributed by atoms with Gasteiger partial charge in [-0.2, -0.15) is 0 Å². The molecule has 1 aromatic rings. The summed E-state index contributed by atoms with van der Waals surface area (Å²) in [5.41, 5.74) is 5.42. The quantitative estimate of drug-likeness (QED) is 0.769. The number of nitrogens with one attached hydrogen (secondary N) is 1. The average molecular weight is 234 g/mol. The number of aromatic nitrogens is 1. The van der Waals surface area contributed by atoms with Crippen molar-refractivity contribution < 1.29 is 4.79 Å². The van der Waals surface area contributed by atoms with Gasteiger partial charge in [0.2, 0.25) is 0 Å². The number of carbonyl (C=O) groups excluding carboxylic acids is 1. The largest absolute Gasteiger partial charge is 0.349 e. The van der Waals surface area contributed by atoms with Crippen molar-refractivity contribution in [2.75, 3.05) is 13.1 Å². The molecule has 0 aliphatic heterocycles. The van der Waals surface area contributed by atoms with Crippen molar-refractivity contribution in [2.45, 2.75) is 0 Å². The molecule has 1 rings (SSSR count). The monoisotopic (exact) mass is 233 g/mol. The molecule has 0 unspecified atom stereocenters. The van der Waals surface area contributed by atoms with Crippen LogP contribution in [0.2, 0.25) is 10.2 Å². The molecule has 0 fully saturated rings. The Labute approximate surface area is 91.4 Å². The lowest BCUT2D eigenvalue weighted by Crippen LogP contribution is -2.29. The van der Waals surface area contributed by atoms with Crippen LogP contribution in [0, 0.1) is 0 Å². The van der Waals surface area contributed by atoms with Gasteiger partial charge in [0.1, 0.15) is 10.8 Å². The van der Waals surface area contributed by atoms with Gasteiger partial charge in [0.05, 0.1) is 0 Å². The van der Waals surface area contributed by atoms with E-state index < -0.39 is 0 Å². The molecule has 0 atom stereocenters. The van der Waals surface area contributed by atoms with Crippen LogP contribution in [0.15, 0.2) is 12.1 Å². The van der Waals surface area contributed by atoms with E-state index in [1.54, 1.807) is 0 Å². The first-order valence-corrected chi connectivity index (χ1v) is 4.70.